The second-order valence-electron chi connectivity index (χ2n) is 10.0. The van der Waals surface area contributed by atoms with Crippen molar-refractivity contribution in [3.8, 4) is 5.75 Å². The summed E-state index contributed by atoms with van der Waals surface area (Å²) in [6, 6.07) is 16.0. The summed E-state index contributed by atoms with van der Waals surface area (Å²) >= 11 is 0. The minimum Gasteiger partial charge on any atom is -0.494 e. The Morgan fingerprint density at radius 1 is 1.05 bits per heavy atom. The average molecular weight is 595 g/mol. The summed E-state index contributed by atoms with van der Waals surface area (Å²) in [7, 11) is -3.58. The molecular weight excluding hydrogens is 560 g/mol. The lowest BCUT2D eigenvalue weighted by Gasteiger charge is -2.26. The molecule has 41 heavy (non-hydrogen) atoms. The molecule has 0 saturated heterocycles. The topological polar surface area (TPSA) is 75.7 Å². The monoisotopic (exact) mass is 594 g/mol. The molecule has 222 valence electrons. The molecule has 1 N–H and O–H groups in total. The molecule has 3 rings (SSSR count). The van der Waals surface area contributed by atoms with E-state index in [0.29, 0.717) is 36.4 Å². The van der Waals surface area contributed by atoms with Crippen LogP contribution in [0.2, 0.25) is 0 Å². The van der Waals surface area contributed by atoms with Crippen LogP contribution in [0.3, 0.4) is 0 Å². The summed E-state index contributed by atoms with van der Waals surface area (Å²) in [4.78, 5) is 13.3. The second-order valence-corrected chi connectivity index (χ2v) is 12.0. The van der Waals surface area contributed by atoms with Crippen molar-refractivity contribution in [2.75, 3.05) is 26.0 Å². The molecule has 1 amide bonds. The molecule has 0 bridgehead atoms. The minimum atomic E-state index is -4.45. The van der Waals surface area contributed by atoms with Crippen molar-refractivity contribution >= 4 is 15.7 Å². The predicted molar refractivity (Wildman–Crippen MR) is 149 cm³/mol. The zero-order valence-electron chi connectivity index (χ0n) is 23.2. The van der Waals surface area contributed by atoms with Gasteiger partial charge in [0.25, 0.3) is 0 Å². The van der Waals surface area contributed by atoms with E-state index in [4.69, 9.17) is 4.74 Å². The van der Waals surface area contributed by atoms with E-state index in [-0.39, 0.29) is 42.2 Å². The zero-order chi connectivity index (χ0) is 30.2. The van der Waals surface area contributed by atoms with Crippen LogP contribution in [0.25, 0.3) is 0 Å². The molecule has 0 aromatic heterocycles. The summed E-state index contributed by atoms with van der Waals surface area (Å²) in [6.45, 7) is 4.88. The Kier molecular flexibility index (Phi) is 10.9. The fourth-order valence-electron chi connectivity index (χ4n) is 4.44. The summed E-state index contributed by atoms with van der Waals surface area (Å²) in [5.41, 5.74) is 1.15. The number of carbonyl (C=O) groups excluding carboxylic acids is 1. The number of amides is 1. The van der Waals surface area contributed by atoms with Gasteiger partial charge in [-0.2, -0.15) is 13.2 Å². The van der Waals surface area contributed by atoms with Gasteiger partial charge in [0, 0.05) is 39.4 Å². The predicted octanol–water partition coefficient (Wildman–Crippen LogP) is 5.96. The fourth-order valence-corrected chi connectivity index (χ4v) is 5.38. The van der Waals surface area contributed by atoms with Crippen LogP contribution in [-0.4, -0.2) is 45.2 Å². The van der Waals surface area contributed by atoms with E-state index in [0.717, 1.165) is 24.0 Å². The zero-order valence-corrected chi connectivity index (χ0v) is 24.0. The van der Waals surface area contributed by atoms with Crippen molar-refractivity contribution in [3.05, 3.63) is 94.8 Å². The van der Waals surface area contributed by atoms with E-state index in [1.54, 1.807) is 30.3 Å². The van der Waals surface area contributed by atoms with E-state index in [1.807, 2.05) is 11.8 Å². The van der Waals surface area contributed by atoms with Crippen LogP contribution < -0.4 is 10.1 Å². The van der Waals surface area contributed by atoms with E-state index >= 15 is 0 Å². The van der Waals surface area contributed by atoms with Gasteiger partial charge in [0.15, 0.2) is 9.84 Å². The van der Waals surface area contributed by atoms with Crippen LogP contribution in [0.4, 0.5) is 17.6 Å². The van der Waals surface area contributed by atoms with Gasteiger partial charge in [-0.25, -0.2) is 12.8 Å². The molecule has 3 aromatic rings. The lowest BCUT2D eigenvalue weighted by Crippen LogP contribution is -2.29. The number of ether oxygens (including phenoxy) is 1. The van der Waals surface area contributed by atoms with Crippen molar-refractivity contribution < 1.29 is 35.5 Å². The third kappa shape index (κ3) is 10.2. The molecular formula is C30H34F4N2O4S. The van der Waals surface area contributed by atoms with Gasteiger partial charge in [0.1, 0.15) is 11.6 Å². The summed E-state index contributed by atoms with van der Waals surface area (Å²) in [6.07, 6.45) is -2.85. The van der Waals surface area contributed by atoms with E-state index in [2.05, 4.69) is 5.32 Å². The summed E-state index contributed by atoms with van der Waals surface area (Å²) in [5.74, 6) is -0.300. The van der Waals surface area contributed by atoms with Crippen LogP contribution in [0.5, 0.6) is 5.75 Å². The highest BCUT2D eigenvalue weighted by molar-refractivity contribution is 7.90. The number of sulfone groups is 1. The molecule has 1 atom stereocenters. The molecule has 0 spiro atoms. The number of nitrogens with one attached hydrogen (secondary N) is 1. The molecule has 0 fully saturated rings. The second kappa shape index (κ2) is 14.0. The first-order chi connectivity index (χ1) is 19.2. The molecule has 0 saturated carbocycles. The molecule has 3 aromatic carbocycles. The third-order valence-corrected chi connectivity index (χ3v) is 7.66. The minimum absolute atomic E-state index is 0.0178. The Morgan fingerprint density at radius 2 is 1.76 bits per heavy atom. The first-order valence-corrected chi connectivity index (χ1v) is 15.0. The molecule has 0 heterocycles. The number of hydrogen-bond donors (Lipinski definition) is 1. The molecule has 0 aliphatic heterocycles. The van der Waals surface area contributed by atoms with Gasteiger partial charge in [-0.15, -0.1) is 0 Å². The van der Waals surface area contributed by atoms with E-state index < -0.39 is 21.6 Å². The number of hydrogen-bond acceptors (Lipinski definition) is 5. The average Bonchev–Trinajstić information content (AvgIpc) is 2.89. The Hall–Kier alpha value is -3.44. The molecule has 11 heteroatoms. The van der Waals surface area contributed by atoms with Gasteiger partial charge in [-0.3, -0.25) is 9.69 Å². The maximum Gasteiger partial charge on any atom is 0.416 e. The van der Waals surface area contributed by atoms with Crippen molar-refractivity contribution in [2.45, 2.75) is 50.3 Å². The summed E-state index contributed by atoms with van der Waals surface area (Å²) < 4.78 is 83.6. The van der Waals surface area contributed by atoms with Crippen LogP contribution in [0.15, 0.2) is 71.6 Å². The van der Waals surface area contributed by atoms with Crippen molar-refractivity contribution in [1.82, 2.24) is 10.2 Å². The van der Waals surface area contributed by atoms with Gasteiger partial charge < -0.3 is 10.1 Å². The largest absolute Gasteiger partial charge is 0.494 e. The first-order valence-electron chi connectivity index (χ1n) is 13.1. The lowest BCUT2D eigenvalue weighted by molar-refractivity contribution is -0.137. The van der Waals surface area contributed by atoms with Crippen LogP contribution in [0, 0.1) is 5.82 Å². The number of alkyl halides is 3. The van der Waals surface area contributed by atoms with Gasteiger partial charge in [0.05, 0.1) is 17.1 Å². The Bertz CT molecular complexity index is 1430. The number of rotatable bonds is 13. The van der Waals surface area contributed by atoms with Gasteiger partial charge in [-0.1, -0.05) is 43.3 Å². The van der Waals surface area contributed by atoms with Gasteiger partial charge >= 0.3 is 6.18 Å². The fraction of sp³-hybridized carbons (Fsp3) is 0.367. The lowest BCUT2D eigenvalue weighted by atomic mass is 10.00. The Balaban J connectivity index is 1.70. The van der Waals surface area contributed by atoms with Gasteiger partial charge in [0.2, 0.25) is 5.91 Å². The molecule has 0 aliphatic carbocycles. The van der Waals surface area contributed by atoms with E-state index in [9.17, 15) is 30.8 Å². The maximum atomic E-state index is 13.4. The van der Waals surface area contributed by atoms with Crippen molar-refractivity contribution in [2.24, 2.45) is 0 Å². The quantitative estimate of drug-likeness (QED) is 0.195. The Morgan fingerprint density at radius 3 is 2.39 bits per heavy atom. The highest BCUT2D eigenvalue weighted by Gasteiger charge is 2.30. The number of halogens is 4. The van der Waals surface area contributed by atoms with E-state index in [1.165, 1.54) is 31.2 Å². The van der Waals surface area contributed by atoms with Crippen molar-refractivity contribution in [3.63, 3.8) is 0 Å². The highest BCUT2D eigenvalue weighted by Crippen LogP contribution is 2.30. The number of carbonyl (C=O) groups is 1. The van der Waals surface area contributed by atoms with Gasteiger partial charge in [-0.05, 0) is 59.4 Å². The standard InChI is InChI=1S/C30H34F4N2O4S/c1-21(24-8-11-27(31)12-9-24)19-36(20-23-6-4-7-26(16-23)30(32,33)34)14-5-15-40-28-13-10-25(18-35-22(2)37)29(17-28)41(3,38)39/h4,6-13,16-17,21H,5,14-15,18-20H2,1-3H3,(H,35,37). The number of nitrogens with zero attached hydrogens (tertiary/aromatic N) is 1. The van der Waals surface area contributed by atoms with Crippen molar-refractivity contribution in [1.29, 1.82) is 0 Å². The maximum absolute atomic E-state index is 13.4. The molecule has 0 radical (unpaired) electrons. The smallest absolute Gasteiger partial charge is 0.416 e. The van der Waals surface area contributed by atoms with Crippen LogP contribution >= 0.6 is 0 Å². The highest BCUT2D eigenvalue weighted by atomic mass is 32.2. The molecule has 6 nitrogen and oxygen atoms in total. The SMILES string of the molecule is CC(=O)NCc1ccc(OCCCN(Cc2cccc(C(F)(F)F)c2)CC(C)c2ccc(F)cc2)cc1S(C)(=O)=O. The van der Waals surface area contributed by atoms with Crippen LogP contribution in [0.1, 0.15) is 48.4 Å². The molecule has 1 unspecified atom stereocenters. The number of benzene rings is 3. The third-order valence-electron chi connectivity index (χ3n) is 6.48. The first kappa shape index (κ1) is 32.1. The normalized spacial score (nSPS) is 12.8. The molecule has 0 aliphatic rings. The summed E-state index contributed by atoms with van der Waals surface area (Å²) in [5, 5.41) is 2.59. The Labute approximate surface area is 238 Å². The van der Waals surface area contributed by atoms with Crippen LogP contribution in [-0.2, 0) is 33.9 Å².